The van der Waals surface area contributed by atoms with Crippen LogP contribution in [0.15, 0.2) is 85.4 Å². The Kier molecular flexibility index (Phi) is 8.43. The van der Waals surface area contributed by atoms with Crippen molar-refractivity contribution in [1.82, 2.24) is 0 Å². The number of hydrogen-bond donors (Lipinski definition) is 2. The van der Waals surface area contributed by atoms with Gasteiger partial charge in [0.15, 0.2) is 5.36 Å². The Labute approximate surface area is 199 Å². The Morgan fingerprint density at radius 3 is 1.94 bits per heavy atom. The van der Waals surface area contributed by atoms with Gasteiger partial charge < -0.3 is 4.55 Å². The summed E-state index contributed by atoms with van der Waals surface area (Å²) >= 11 is 0. The van der Waals surface area contributed by atoms with Gasteiger partial charge in [0, 0.05) is 0 Å². The first-order valence-corrected chi connectivity index (χ1v) is 10.3. The summed E-state index contributed by atoms with van der Waals surface area (Å²) in [4.78, 5) is 24.2. The summed E-state index contributed by atoms with van der Waals surface area (Å²) in [7, 11) is -4.55. The van der Waals surface area contributed by atoms with E-state index < -0.39 is 21.0 Å². The van der Waals surface area contributed by atoms with Gasteiger partial charge in [-0.25, -0.2) is 8.42 Å². The smallest absolute Gasteiger partial charge is 0.744 e. The molecule has 3 rings (SSSR count). The summed E-state index contributed by atoms with van der Waals surface area (Å²) in [5.41, 5.74) is 6.15. The number of anilines is 2. The monoisotopic (exact) mass is 448 g/mol. The molecule has 3 aromatic rings. The van der Waals surface area contributed by atoms with Gasteiger partial charge in [-0.05, 0) is 60.5 Å². The fourth-order valence-corrected chi connectivity index (χ4v) is 2.96. The molecule has 0 saturated carbocycles. The number of nitrogens with zero attached hydrogens (tertiary/aromatic N) is 2. The van der Waals surface area contributed by atoms with Gasteiger partial charge in [-0.1, -0.05) is 19.1 Å². The fraction of sp³-hybridized carbons (Fsp3) is 0.100. The van der Waals surface area contributed by atoms with Gasteiger partial charge in [-0.2, -0.15) is 10.2 Å². The fourth-order valence-electron chi connectivity index (χ4n) is 2.49. The predicted molar refractivity (Wildman–Crippen MR) is 110 cm³/mol. The van der Waals surface area contributed by atoms with Crippen molar-refractivity contribution in [3.8, 4) is 0 Å². The van der Waals surface area contributed by atoms with Crippen LogP contribution in [0.1, 0.15) is 12.5 Å². The molecule has 0 amide bonds. The summed E-state index contributed by atoms with van der Waals surface area (Å²) in [5.74, 6) is 0. The Balaban J connectivity index is 0.00000341. The van der Waals surface area contributed by atoms with E-state index in [-0.39, 0.29) is 45.2 Å². The van der Waals surface area contributed by atoms with Crippen molar-refractivity contribution in [3.05, 3.63) is 97.4 Å². The Morgan fingerprint density at radius 2 is 1.39 bits per heavy atom. The van der Waals surface area contributed by atoms with Crippen molar-refractivity contribution >= 4 is 21.5 Å². The van der Waals surface area contributed by atoms with E-state index in [0.29, 0.717) is 11.4 Å². The average molecular weight is 448 g/mol. The summed E-state index contributed by atoms with van der Waals surface area (Å²) in [5, 5.41) is 7.48. The van der Waals surface area contributed by atoms with E-state index in [4.69, 9.17) is 0 Å². The molecule has 0 unspecified atom stereocenters. The molecule has 11 heteroatoms. The average Bonchev–Trinajstić information content (AvgIpc) is 2.73. The van der Waals surface area contributed by atoms with E-state index >= 15 is 0 Å². The van der Waals surface area contributed by atoms with Gasteiger partial charge in [0.1, 0.15) is 15.5 Å². The first kappa shape index (κ1) is 24.6. The van der Waals surface area contributed by atoms with Crippen LogP contribution in [0.3, 0.4) is 0 Å². The summed E-state index contributed by atoms with van der Waals surface area (Å²) in [6, 6.07) is 14.7. The third-order valence-corrected chi connectivity index (χ3v) is 5.03. The first-order chi connectivity index (χ1) is 14.3. The van der Waals surface area contributed by atoms with E-state index in [2.05, 4.69) is 21.1 Å². The maximum Gasteiger partial charge on any atom is 1.00 e. The predicted octanol–water partition coefficient (Wildman–Crippen LogP) is -2.39. The molecule has 3 aromatic carbocycles. The Bertz CT molecular complexity index is 1380. The van der Waals surface area contributed by atoms with Crippen LogP contribution in [0, 0.1) is 0 Å². The normalized spacial score (nSPS) is 12.3. The Hall–Kier alpha value is -2.63. The van der Waals surface area contributed by atoms with Gasteiger partial charge in [0.2, 0.25) is 10.9 Å². The molecule has 0 bridgehead atoms. The molecule has 2 N–H and O–H groups in total. The SMILES string of the molecule is CCc1ccc(N/N=c2/c(=O)cc/c(=N\Nc3ccc(S(=O)(=O)[O-])cc3)c2=O)cc1.[Na+]. The second-order valence-electron chi connectivity index (χ2n) is 6.24. The summed E-state index contributed by atoms with van der Waals surface area (Å²) < 4.78 is 32.8. The van der Waals surface area contributed by atoms with Crippen molar-refractivity contribution in [2.75, 3.05) is 10.9 Å². The second kappa shape index (κ2) is 10.6. The van der Waals surface area contributed by atoms with E-state index in [0.717, 1.165) is 24.1 Å². The quantitative estimate of drug-likeness (QED) is 0.244. The molecule has 0 aromatic heterocycles. The largest absolute Gasteiger partial charge is 1.00 e. The molecule has 9 nitrogen and oxygen atoms in total. The third-order valence-electron chi connectivity index (χ3n) is 4.18. The van der Waals surface area contributed by atoms with Crippen LogP contribution in [0.2, 0.25) is 0 Å². The molecule has 154 valence electrons. The molecule has 0 aliphatic carbocycles. The zero-order valence-corrected chi connectivity index (χ0v) is 19.6. The molecule has 0 fully saturated rings. The maximum atomic E-state index is 12.5. The van der Waals surface area contributed by atoms with Crippen LogP contribution in [-0.4, -0.2) is 13.0 Å². The summed E-state index contributed by atoms with van der Waals surface area (Å²) in [6.45, 7) is 2.03. The number of rotatable bonds is 6. The van der Waals surface area contributed by atoms with Crippen LogP contribution in [-0.2, 0) is 16.5 Å². The number of benzene rings is 3. The number of nitrogens with one attached hydrogen (secondary N) is 2. The van der Waals surface area contributed by atoms with Gasteiger partial charge >= 0.3 is 29.6 Å². The molecule has 31 heavy (non-hydrogen) atoms. The number of aryl methyl sites for hydroxylation is 1. The molecule has 0 saturated heterocycles. The van der Waals surface area contributed by atoms with Gasteiger partial charge in [0.05, 0.1) is 16.3 Å². The zero-order valence-electron chi connectivity index (χ0n) is 16.8. The molecule has 0 radical (unpaired) electrons. The van der Waals surface area contributed by atoms with Crippen molar-refractivity contribution in [3.63, 3.8) is 0 Å². The molecular formula is C20H17N4NaO5S. The molecule has 0 aliphatic heterocycles. The van der Waals surface area contributed by atoms with Crippen LogP contribution in [0.5, 0.6) is 0 Å². The minimum atomic E-state index is -4.55. The zero-order chi connectivity index (χ0) is 21.7. The van der Waals surface area contributed by atoms with Crippen molar-refractivity contribution in [2.45, 2.75) is 18.2 Å². The van der Waals surface area contributed by atoms with Gasteiger partial charge in [-0.15, -0.1) is 0 Å². The van der Waals surface area contributed by atoms with Crippen molar-refractivity contribution < 1.29 is 42.5 Å². The van der Waals surface area contributed by atoms with Crippen LogP contribution in [0.25, 0.3) is 0 Å². The molecule has 0 heterocycles. The van der Waals surface area contributed by atoms with Gasteiger partial charge in [0.25, 0.3) is 0 Å². The second-order valence-corrected chi connectivity index (χ2v) is 7.62. The van der Waals surface area contributed by atoms with E-state index in [9.17, 15) is 22.6 Å². The summed E-state index contributed by atoms with van der Waals surface area (Å²) in [6.07, 6.45) is 0.888. The minimum Gasteiger partial charge on any atom is -0.744 e. The molecular weight excluding hydrogens is 431 g/mol. The molecule has 0 atom stereocenters. The van der Waals surface area contributed by atoms with Crippen LogP contribution in [0.4, 0.5) is 11.4 Å². The van der Waals surface area contributed by atoms with E-state index in [1.165, 1.54) is 24.3 Å². The topological polar surface area (TPSA) is 140 Å². The van der Waals surface area contributed by atoms with E-state index in [1.807, 2.05) is 19.1 Å². The maximum absolute atomic E-state index is 12.5. The molecule has 0 aliphatic rings. The molecule has 0 spiro atoms. The van der Waals surface area contributed by atoms with Crippen LogP contribution >= 0.6 is 0 Å². The van der Waals surface area contributed by atoms with E-state index in [1.54, 1.807) is 12.1 Å². The van der Waals surface area contributed by atoms with Crippen molar-refractivity contribution in [1.29, 1.82) is 0 Å². The van der Waals surface area contributed by atoms with Crippen molar-refractivity contribution in [2.24, 2.45) is 10.2 Å². The van der Waals surface area contributed by atoms with Gasteiger partial charge in [-0.3, -0.25) is 20.4 Å². The standard InChI is InChI=1S/C20H18N4O5S.Na/c1-2-13-3-5-14(6-4-13)22-24-19-18(25)12-11-17(20(19)26)23-21-15-7-9-16(10-8-15)30(27,28)29;/h3-12,21-22H,2H2,1H3,(H,27,28,29);/q;+1/p-1/b23-17+,24-19-;. The first-order valence-electron chi connectivity index (χ1n) is 8.87. The number of hydrogen-bond acceptors (Lipinski definition) is 9. The minimum absolute atomic E-state index is 0. The van der Waals surface area contributed by atoms with Crippen LogP contribution < -0.4 is 62.0 Å². The Morgan fingerprint density at radius 1 is 0.839 bits per heavy atom. The third kappa shape index (κ3) is 6.42.